The van der Waals surface area contributed by atoms with Crippen molar-refractivity contribution in [1.29, 1.82) is 0 Å². The van der Waals surface area contributed by atoms with Crippen LogP contribution in [0.4, 0.5) is 5.69 Å². The van der Waals surface area contributed by atoms with Crippen molar-refractivity contribution in [3.63, 3.8) is 0 Å². The lowest BCUT2D eigenvalue weighted by molar-refractivity contribution is -0.111. The summed E-state index contributed by atoms with van der Waals surface area (Å²) in [6, 6.07) is 6.92. The third-order valence-corrected chi connectivity index (χ3v) is 4.37. The number of carbonyl (C=O) groups excluding carboxylic acids is 1. The van der Waals surface area contributed by atoms with Crippen LogP contribution in [0, 0.1) is 0 Å². The second kappa shape index (κ2) is 6.08. The molecule has 3 rings (SSSR count). The van der Waals surface area contributed by atoms with E-state index in [1.165, 1.54) is 11.1 Å². The van der Waals surface area contributed by atoms with E-state index in [0.29, 0.717) is 18.2 Å². The molecule has 21 heavy (non-hydrogen) atoms. The molecule has 0 saturated carbocycles. The molecule has 2 aliphatic heterocycles. The van der Waals surface area contributed by atoms with Gasteiger partial charge in [-0.25, -0.2) is 4.99 Å². The molecule has 1 aromatic carbocycles. The summed E-state index contributed by atoms with van der Waals surface area (Å²) >= 11 is 0. The summed E-state index contributed by atoms with van der Waals surface area (Å²) < 4.78 is 5.28. The van der Waals surface area contributed by atoms with Gasteiger partial charge in [-0.15, -0.1) is 0 Å². The van der Waals surface area contributed by atoms with Gasteiger partial charge in [0.05, 0.1) is 30.7 Å². The number of carbonyl (C=O) groups is 1. The van der Waals surface area contributed by atoms with Crippen LogP contribution in [0.3, 0.4) is 0 Å². The number of nitrogens with zero attached hydrogens (tertiary/aromatic N) is 2. The van der Waals surface area contributed by atoms with E-state index in [0.717, 1.165) is 38.4 Å². The summed E-state index contributed by atoms with van der Waals surface area (Å²) in [7, 11) is 0. The molecule has 0 atom stereocenters. The van der Waals surface area contributed by atoms with E-state index in [9.17, 15) is 4.79 Å². The van der Waals surface area contributed by atoms with Gasteiger partial charge in [-0.1, -0.05) is 13.0 Å². The second-order valence-electron chi connectivity index (χ2n) is 5.83. The Morgan fingerprint density at radius 1 is 1.38 bits per heavy atom. The van der Waals surface area contributed by atoms with E-state index in [4.69, 9.17) is 4.74 Å². The molecule has 2 aliphatic rings. The minimum atomic E-state index is 0.0615. The molecule has 0 radical (unpaired) electrons. The number of aliphatic imine (C=N–C) groups is 1. The van der Waals surface area contributed by atoms with Crippen molar-refractivity contribution in [2.75, 3.05) is 19.8 Å². The fraction of sp³-hybridized carbons (Fsp3) is 0.529. The van der Waals surface area contributed by atoms with Gasteiger partial charge in [0, 0.05) is 20.0 Å². The van der Waals surface area contributed by atoms with Crippen molar-refractivity contribution in [2.45, 2.75) is 39.3 Å². The number of rotatable bonds is 4. The molecule has 0 aromatic heterocycles. The van der Waals surface area contributed by atoms with Gasteiger partial charge in [0.25, 0.3) is 0 Å². The Morgan fingerprint density at radius 3 is 2.81 bits per heavy atom. The van der Waals surface area contributed by atoms with Crippen LogP contribution in [0.5, 0.6) is 0 Å². The zero-order valence-electron chi connectivity index (χ0n) is 12.8. The smallest absolute Gasteiger partial charge is 0.173 e. The molecule has 1 saturated heterocycles. The maximum absolute atomic E-state index is 11.5. The first-order valence-corrected chi connectivity index (χ1v) is 7.69. The highest BCUT2D eigenvalue weighted by Gasteiger charge is 2.28. The second-order valence-corrected chi connectivity index (χ2v) is 5.83. The Morgan fingerprint density at radius 2 is 2.19 bits per heavy atom. The Balaban J connectivity index is 1.78. The zero-order valence-corrected chi connectivity index (χ0v) is 12.8. The van der Waals surface area contributed by atoms with Gasteiger partial charge in [0.15, 0.2) is 5.78 Å². The average Bonchev–Trinajstić information content (AvgIpc) is 2.42. The standard InChI is InChI=1S/C17H22N2O2/c1-3-17(12(2)20)18-15-5-4-14-9-19(16-10-21-11-16)7-6-13(14)8-15/h4-5,8,16H,3,6-7,9-11H2,1-2H3. The fourth-order valence-electron chi connectivity index (χ4n) is 2.94. The van der Waals surface area contributed by atoms with Crippen LogP contribution in [-0.4, -0.2) is 42.2 Å². The number of hydrogen-bond acceptors (Lipinski definition) is 4. The summed E-state index contributed by atoms with van der Waals surface area (Å²) in [4.78, 5) is 18.5. The molecular weight excluding hydrogens is 264 g/mol. The molecule has 2 heterocycles. The highest BCUT2D eigenvalue weighted by molar-refractivity contribution is 6.39. The quantitative estimate of drug-likeness (QED) is 0.799. The number of Topliss-reactive ketones (excluding diaryl/α,β-unsaturated/α-hetero) is 1. The molecule has 0 N–H and O–H groups in total. The number of fused-ring (bicyclic) bond motifs is 1. The van der Waals surface area contributed by atoms with Crippen LogP contribution in [0.1, 0.15) is 31.4 Å². The third kappa shape index (κ3) is 3.06. The van der Waals surface area contributed by atoms with E-state index < -0.39 is 0 Å². The van der Waals surface area contributed by atoms with Crippen LogP contribution in [0.15, 0.2) is 23.2 Å². The van der Waals surface area contributed by atoms with Crippen molar-refractivity contribution >= 4 is 17.2 Å². The maximum atomic E-state index is 11.5. The minimum absolute atomic E-state index is 0.0615. The van der Waals surface area contributed by atoms with E-state index in [-0.39, 0.29) is 5.78 Å². The number of ketones is 1. The molecule has 0 bridgehead atoms. The van der Waals surface area contributed by atoms with E-state index in [1.54, 1.807) is 6.92 Å². The minimum Gasteiger partial charge on any atom is -0.378 e. The lowest BCUT2D eigenvalue weighted by Crippen LogP contribution is -2.50. The maximum Gasteiger partial charge on any atom is 0.173 e. The van der Waals surface area contributed by atoms with Crippen LogP contribution in [0.25, 0.3) is 0 Å². The van der Waals surface area contributed by atoms with E-state index in [2.05, 4.69) is 22.0 Å². The first-order valence-electron chi connectivity index (χ1n) is 7.69. The Hall–Kier alpha value is -1.52. The molecule has 0 spiro atoms. The van der Waals surface area contributed by atoms with E-state index in [1.807, 2.05) is 13.0 Å². The molecule has 0 unspecified atom stereocenters. The van der Waals surface area contributed by atoms with Gasteiger partial charge in [0.1, 0.15) is 0 Å². The molecule has 4 heteroatoms. The topological polar surface area (TPSA) is 41.9 Å². The predicted octanol–water partition coefficient (Wildman–Crippen LogP) is 2.52. The van der Waals surface area contributed by atoms with Crippen LogP contribution < -0.4 is 0 Å². The van der Waals surface area contributed by atoms with Crippen molar-refractivity contribution < 1.29 is 9.53 Å². The number of ether oxygens (including phenoxy) is 1. The third-order valence-electron chi connectivity index (χ3n) is 4.37. The highest BCUT2D eigenvalue weighted by Crippen LogP contribution is 2.26. The van der Waals surface area contributed by atoms with Crippen molar-refractivity contribution in [1.82, 2.24) is 4.90 Å². The summed E-state index contributed by atoms with van der Waals surface area (Å²) in [5.41, 5.74) is 4.31. The van der Waals surface area contributed by atoms with Gasteiger partial charge >= 0.3 is 0 Å². The first kappa shape index (κ1) is 14.4. The Bertz CT molecular complexity index is 576. The lowest BCUT2D eigenvalue weighted by Gasteiger charge is -2.40. The van der Waals surface area contributed by atoms with Gasteiger partial charge in [-0.3, -0.25) is 9.69 Å². The van der Waals surface area contributed by atoms with Crippen molar-refractivity contribution in [3.8, 4) is 0 Å². The number of hydrogen-bond donors (Lipinski definition) is 0. The summed E-state index contributed by atoms with van der Waals surface area (Å²) in [5.74, 6) is 0.0615. The molecule has 1 fully saturated rings. The Labute approximate surface area is 125 Å². The molecular formula is C17H22N2O2. The summed E-state index contributed by atoms with van der Waals surface area (Å²) in [5, 5.41) is 0. The number of benzene rings is 1. The van der Waals surface area contributed by atoms with Gasteiger partial charge in [0.2, 0.25) is 0 Å². The zero-order chi connectivity index (χ0) is 14.8. The largest absolute Gasteiger partial charge is 0.378 e. The summed E-state index contributed by atoms with van der Waals surface area (Å²) in [6.45, 7) is 7.38. The van der Waals surface area contributed by atoms with Crippen LogP contribution >= 0.6 is 0 Å². The van der Waals surface area contributed by atoms with E-state index >= 15 is 0 Å². The summed E-state index contributed by atoms with van der Waals surface area (Å²) in [6.07, 6.45) is 1.73. The van der Waals surface area contributed by atoms with Gasteiger partial charge in [-0.05, 0) is 36.1 Å². The SMILES string of the molecule is CCC(=Nc1ccc2c(c1)CCN(C1COC1)C2)C(C)=O. The fourth-order valence-corrected chi connectivity index (χ4v) is 2.94. The Kier molecular flexibility index (Phi) is 4.17. The van der Waals surface area contributed by atoms with Crippen molar-refractivity contribution in [2.24, 2.45) is 4.99 Å². The molecule has 0 aliphatic carbocycles. The van der Waals surface area contributed by atoms with Crippen molar-refractivity contribution in [3.05, 3.63) is 29.3 Å². The normalized spacial score (nSPS) is 20.0. The molecule has 0 amide bonds. The van der Waals surface area contributed by atoms with Gasteiger partial charge in [-0.2, -0.15) is 0 Å². The molecule has 4 nitrogen and oxygen atoms in total. The first-order chi connectivity index (χ1) is 10.2. The van der Waals surface area contributed by atoms with Crippen LogP contribution in [-0.2, 0) is 22.5 Å². The predicted molar refractivity (Wildman–Crippen MR) is 83.2 cm³/mol. The monoisotopic (exact) mass is 286 g/mol. The lowest BCUT2D eigenvalue weighted by atomic mass is 9.97. The van der Waals surface area contributed by atoms with Crippen LogP contribution in [0.2, 0.25) is 0 Å². The highest BCUT2D eigenvalue weighted by atomic mass is 16.5. The average molecular weight is 286 g/mol. The molecule has 112 valence electrons. The van der Waals surface area contributed by atoms with Gasteiger partial charge < -0.3 is 4.74 Å². The molecule has 1 aromatic rings.